The highest BCUT2D eigenvalue weighted by Crippen LogP contribution is 2.22. The number of nitrogens with zero attached hydrogens (tertiary/aromatic N) is 3. The van der Waals surface area contributed by atoms with Crippen LogP contribution in [-0.4, -0.2) is 57.9 Å². The molecule has 39 heavy (non-hydrogen) atoms. The molecule has 8 nitrogen and oxygen atoms in total. The highest BCUT2D eigenvalue weighted by Gasteiger charge is 2.31. The number of piperidine rings is 1. The minimum absolute atomic E-state index is 0.223. The molecule has 0 saturated carbocycles. The second-order valence-electron chi connectivity index (χ2n) is 9.92. The number of ether oxygens (including phenoxy) is 1. The predicted molar refractivity (Wildman–Crippen MR) is 149 cm³/mol. The molecule has 2 aromatic heterocycles. The number of nitrogens with one attached hydrogen (secondary N) is 1. The van der Waals surface area contributed by atoms with E-state index in [2.05, 4.69) is 33.2 Å². The molecule has 1 aliphatic heterocycles. The molecule has 0 bridgehead atoms. The summed E-state index contributed by atoms with van der Waals surface area (Å²) >= 11 is 6.25. The third-order valence-electron chi connectivity index (χ3n) is 7.13. The van der Waals surface area contributed by atoms with Crippen molar-refractivity contribution < 1.29 is 18.7 Å². The van der Waals surface area contributed by atoms with E-state index in [4.69, 9.17) is 20.8 Å². The van der Waals surface area contributed by atoms with E-state index in [1.807, 2.05) is 36.4 Å². The van der Waals surface area contributed by atoms with Gasteiger partial charge in [-0.05, 0) is 55.5 Å². The third kappa shape index (κ3) is 6.69. The van der Waals surface area contributed by atoms with Crippen molar-refractivity contribution >= 4 is 34.4 Å². The number of amides is 1. The summed E-state index contributed by atoms with van der Waals surface area (Å²) in [6, 6.07) is 16.1. The number of hydrogen-bond acceptors (Lipinski definition) is 6. The fraction of sp³-hybridized carbons (Fsp3) is 0.367. The molecule has 2 aromatic carbocycles. The van der Waals surface area contributed by atoms with Crippen LogP contribution in [0.4, 0.5) is 0 Å². The Kier molecular flexibility index (Phi) is 8.64. The number of para-hydroxylation sites is 1. The summed E-state index contributed by atoms with van der Waals surface area (Å²) < 4.78 is 10.9. The zero-order chi connectivity index (χ0) is 27.2. The molecule has 5 rings (SSSR count). The Morgan fingerprint density at radius 2 is 2.08 bits per heavy atom. The fourth-order valence-electron chi connectivity index (χ4n) is 5.17. The first-order chi connectivity index (χ1) is 19.0. The van der Waals surface area contributed by atoms with E-state index in [0.29, 0.717) is 43.7 Å². The fourth-order valence-corrected chi connectivity index (χ4v) is 5.39. The van der Waals surface area contributed by atoms with Crippen LogP contribution in [-0.2, 0) is 29.0 Å². The van der Waals surface area contributed by atoms with Crippen LogP contribution in [0.3, 0.4) is 0 Å². The monoisotopic (exact) mass is 548 g/mol. The number of rotatable bonds is 10. The lowest BCUT2D eigenvalue weighted by Gasteiger charge is -2.30. The van der Waals surface area contributed by atoms with E-state index in [1.165, 1.54) is 17.2 Å². The minimum Gasteiger partial charge on any atom is -0.466 e. The molecule has 0 spiro atoms. The lowest BCUT2D eigenvalue weighted by Crippen LogP contribution is -2.43. The maximum absolute atomic E-state index is 13.2. The van der Waals surface area contributed by atoms with Gasteiger partial charge in [-0.15, -0.1) is 0 Å². The number of hydrogen-bond donors (Lipinski definition) is 1. The number of likely N-dealkylation sites (tertiary alicyclic amines) is 1. The number of benzene rings is 2. The van der Waals surface area contributed by atoms with Gasteiger partial charge < -0.3 is 19.0 Å². The molecular weight excluding hydrogens is 516 g/mol. The zero-order valence-electron chi connectivity index (χ0n) is 22.1. The molecule has 3 heterocycles. The molecule has 1 saturated heterocycles. The Bertz CT molecular complexity index is 1430. The summed E-state index contributed by atoms with van der Waals surface area (Å²) in [5, 5.41) is 1.91. The number of fused-ring (bicyclic) bond motifs is 1. The lowest BCUT2D eigenvalue weighted by atomic mass is 9.98. The molecule has 1 fully saturated rings. The van der Waals surface area contributed by atoms with Crippen LogP contribution in [0.1, 0.15) is 47.3 Å². The second-order valence-corrected chi connectivity index (χ2v) is 10.4. The molecule has 1 unspecified atom stereocenters. The summed E-state index contributed by atoms with van der Waals surface area (Å²) in [4.78, 5) is 37.2. The van der Waals surface area contributed by atoms with Gasteiger partial charge in [-0.25, -0.2) is 4.98 Å². The van der Waals surface area contributed by atoms with Gasteiger partial charge in [0.2, 0.25) is 5.89 Å². The van der Waals surface area contributed by atoms with E-state index in [0.717, 1.165) is 36.9 Å². The van der Waals surface area contributed by atoms with Crippen LogP contribution in [0.2, 0.25) is 5.02 Å². The molecule has 1 N–H and O–H groups in total. The summed E-state index contributed by atoms with van der Waals surface area (Å²) in [5.41, 5.74) is 3.70. The van der Waals surface area contributed by atoms with Gasteiger partial charge in [0, 0.05) is 48.3 Å². The van der Waals surface area contributed by atoms with Crippen molar-refractivity contribution in [2.24, 2.45) is 5.92 Å². The predicted octanol–water partition coefficient (Wildman–Crippen LogP) is 5.47. The Hall–Kier alpha value is -3.62. The molecule has 0 radical (unpaired) electrons. The van der Waals surface area contributed by atoms with Gasteiger partial charge in [0.05, 0.1) is 19.1 Å². The van der Waals surface area contributed by atoms with Crippen molar-refractivity contribution in [2.45, 2.75) is 39.3 Å². The summed E-state index contributed by atoms with van der Waals surface area (Å²) in [6.07, 6.45) is 5.79. The van der Waals surface area contributed by atoms with E-state index in [-0.39, 0.29) is 23.5 Å². The Morgan fingerprint density at radius 1 is 1.21 bits per heavy atom. The SMILES string of the molecule is CCOC(=O)C1CCCN(C(=O)c2coc(CN(CCc3c[nH]c4ccccc34)Cc3cccc(Cl)c3)n2)C1. The molecule has 1 atom stereocenters. The first-order valence-corrected chi connectivity index (χ1v) is 13.8. The molecule has 1 amide bonds. The number of aromatic nitrogens is 2. The Labute approximate surface area is 232 Å². The van der Waals surface area contributed by atoms with Gasteiger partial charge in [0.15, 0.2) is 5.69 Å². The maximum atomic E-state index is 13.2. The van der Waals surface area contributed by atoms with Crippen LogP contribution in [0, 0.1) is 5.92 Å². The summed E-state index contributed by atoms with van der Waals surface area (Å²) in [7, 11) is 0. The molecule has 0 aliphatic carbocycles. The van der Waals surface area contributed by atoms with Crippen LogP contribution in [0.5, 0.6) is 0 Å². The molecule has 1 aliphatic rings. The highest BCUT2D eigenvalue weighted by atomic mass is 35.5. The van der Waals surface area contributed by atoms with E-state index >= 15 is 0 Å². The van der Waals surface area contributed by atoms with Crippen molar-refractivity contribution in [3.63, 3.8) is 0 Å². The maximum Gasteiger partial charge on any atom is 0.310 e. The van der Waals surface area contributed by atoms with Gasteiger partial charge in [0.1, 0.15) is 6.26 Å². The number of esters is 1. The van der Waals surface area contributed by atoms with Crippen LogP contribution in [0.25, 0.3) is 10.9 Å². The average Bonchev–Trinajstić information content (AvgIpc) is 3.59. The highest BCUT2D eigenvalue weighted by molar-refractivity contribution is 6.30. The topological polar surface area (TPSA) is 91.7 Å². The van der Waals surface area contributed by atoms with Crippen LogP contribution in [0.15, 0.2) is 65.4 Å². The largest absolute Gasteiger partial charge is 0.466 e. The molecular formula is C30H33ClN4O4. The Morgan fingerprint density at radius 3 is 2.92 bits per heavy atom. The Balaban J connectivity index is 1.28. The van der Waals surface area contributed by atoms with Crippen molar-refractivity contribution in [2.75, 3.05) is 26.2 Å². The first-order valence-electron chi connectivity index (χ1n) is 13.4. The number of carbonyl (C=O) groups excluding carboxylic acids is 2. The summed E-state index contributed by atoms with van der Waals surface area (Å²) in [6.45, 7) is 4.90. The van der Waals surface area contributed by atoms with Crippen molar-refractivity contribution in [1.82, 2.24) is 19.8 Å². The van der Waals surface area contributed by atoms with E-state index < -0.39 is 0 Å². The normalized spacial score (nSPS) is 15.7. The number of carbonyl (C=O) groups is 2. The van der Waals surface area contributed by atoms with Crippen molar-refractivity contribution in [1.29, 1.82) is 0 Å². The van der Waals surface area contributed by atoms with Gasteiger partial charge in [-0.2, -0.15) is 0 Å². The third-order valence-corrected chi connectivity index (χ3v) is 7.36. The average molecular weight is 549 g/mol. The van der Waals surface area contributed by atoms with Gasteiger partial charge in [0.25, 0.3) is 5.91 Å². The smallest absolute Gasteiger partial charge is 0.310 e. The van der Waals surface area contributed by atoms with Crippen LogP contribution < -0.4 is 0 Å². The van der Waals surface area contributed by atoms with Gasteiger partial charge in [-0.3, -0.25) is 14.5 Å². The quantitative estimate of drug-likeness (QED) is 0.264. The minimum atomic E-state index is -0.299. The number of aromatic amines is 1. The molecule has 9 heteroatoms. The van der Waals surface area contributed by atoms with E-state index in [1.54, 1.807) is 11.8 Å². The van der Waals surface area contributed by atoms with Gasteiger partial charge >= 0.3 is 5.97 Å². The number of H-pyrrole nitrogens is 1. The molecule has 4 aromatic rings. The van der Waals surface area contributed by atoms with Crippen molar-refractivity contribution in [3.05, 3.63) is 88.7 Å². The second kappa shape index (κ2) is 12.5. The number of oxazole rings is 1. The lowest BCUT2D eigenvalue weighted by molar-refractivity contribution is -0.149. The standard InChI is InChI=1S/C30H33ClN4O4/c1-2-38-30(37)23-8-6-13-35(18-23)29(36)27-20-39-28(33-27)19-34(17-21-7-5-9-24(31)15-21)14-12-22-16-32-26-11-4-3-10-25(22)26/h3-5,7,9-11,15-16,20,23,32H,2,6,8,12-14,17-19H2,1H3. The van der Waals surface area contributed by atoms with E-state index in [9.17, 15) is 9.59 Å². The summed E-state index contributed by atoms with van der Waals surface area (Å²) in [5.74, 6) is -0.299. The number of halogens is 1. The van der Waals surface area contributed by atoms with Crippen LogP contribution >= 0.6 is 11.6 Å². The van der Waals surface area contributed by atoms with Crippen molar-refractivity contribution in [3.8, 4) is 0 Å². The zero-order valence-corrected chi connectivity index (χ0v) is 22.8. The first kappa shape index (κ1) is 27.0. The molecule has 204 valence electrons. The van der Waals surface area contributed by atoms with Gasteiger partial charge in [-0.1, -0.05) is 41.9 Å².